The summed E-state index contributed by atoms with van der Waals surface area (Å²) in [7, 11) is 0. The molecule has 3 rings (SSSR count). The van der Waals surface area contributed by atoms with Crippen molar-refractivity contribution in [3.8, 4) is 0 Å². The van der Waals surface area contributed by atoms with E-state index in [1.165, 1.54) is 22.5 Å². The highest BCUT2D eigenvalue weighted by atomic mass is 15.3. The lowest BCUT2D eigenvalue weighted by Crippen LogP contribution is -2.58. The van der Waals surface area contributed by atoms with Gasteiger partial charge in [-0.2, -0.15) is 0 Å². The molecule has 1 aromatic rings. The second-order valence-electron chi connectivity index (χ2n) is 5.52. The molecule has 3 nitrogen and oxygen atoms in total. The van der Waals surface area contributed by atoms with Crippen LogP contribution in [0.15, 0.2) is 12.1 Å². The van der Waals surface area contributed by atoms with Crippen LogP contribution in [0.5, 0.6) is 0 Å². The third-order valence-electron chi connectivity index (χ3n) is 4.40. The van der Waals surface area contributed by atoms with E-state index in [0.29, 0.717) is 6.04 Å². The molecule has 1 N–H and O–H groups in total. The average Bonchev–Trinajstić information content (AvgIpc) is 2.39. The maximum atomic E-state index is 3.52. The Hall–Kier alpha value is -1.22. The molecule has 2 aliphatic heterocycles. The summed E-state index contributed by atoms with van der Waals surface area (Å²) in [5.41, 5.74) is 5.68. The monoisotopic (exact) mass is 245 g/mol. The zero-order chi connectivity index (χ0) is 12.7. The largest absolute Gasteiger partial charge is 0.368 e. The lowest BCUT2D eigenvalue weighted by Gasteiger charge is -2.47. The minimum atomic E-state index is 0.633. The Morgan fingerprint density at radius 2 is 1.94 bits per heavy atom. The smallest absolute Gasteiger partial charge is 0.0611 e. The van der Waals surface area contributed by atoms with Crippen molar-refractivity contribution in [3.05, 3.63) is 23.3 Å². The number of nitrogens with zero attached hydrogens (tertiary/aromatic N) is 2. The molecule has 1 saturated heterocycles. The molecule has 1 unspecified atom stereocenters. The zero-order valence-electron chi connectivity index (χ0n) is 11.7. The van der Waals surface area contributed by atoms with Crippen LogP contribution >= 0.6 is 0 Å². The van der Waals surface area contributed by atoms with Crippen molar-refractivity contribution in [2.45, 2.75) is 26.8 Å². The molecular weight excluding hydrogens is 222 g/mol. The molecule has 0 spiro atoms. The van der Waals surface area contributed by atoms with E-state index < -0.39 is 0 Å². The summed E-state index contributed by atoms with van der Waals surface area (Å²) in [6.45, 7) is 12.3. The van der Waals surface area contributed by atoms with Gasteiger partial charge in [0.15, 0.2) is 0 Å². The third-order valence-corrected chi connectivity index (χ3v) is 4.40. The van der Waals surface area contributed by atoms with E-state index in [9.17, 15) is 0 Å². The minimum Gasteiger partial charge on any atom is -0.368 e. The van der Waals surface area contributed by atoms with Gasteiger partial charge in [0.05, 0.1) is 17.4 Å². The molecule has 0 aliphatic carbocycles. The van der Waals surface area contributed by atoms with Crippen LogP contribution < -0.4 is 15.1 Å². The van der Waals surface area contributed by atoms with Crippen LogP contribution in [0.4, 0.5) is 11.4 Å². The van der Waals surface area contributed by atoms with Crippen LogP contribution in [0.3, 0.4) is 0 Å². The molecule has 2 aliphatic rings. The van der Waals surface area contributed by atoms with Crippen molar-refractivity contribution in [2.75, 3.05) is 42.5 Å². The van der Waals surface area contributed by atoms with Crippen molar-refractivity contribution in [3.63, 3.8) is 0 Å². The first-order valence-corrected chi connectivity index (χ1v) is 7.04. The predicted octanol–water partition coefficient (Wildman–Crippen LogP) is 1.92. The molecule has 1 atom stereocenters. The Morgan fingerprint density at radius 1 is 1.22 bits per heavy atom. The molecular formula is C15H23N3. The van der Waals surface area contributed by atoms with Gasteiger partial charge in [-0.25, -0.2) is 0 Å². The van der Waals surface area contributed by atoms with Crippen LogP contribution in [0.25, 0.3) is 0 Å². The van der Waals surface area contributed by atoms with E-state index in [0.717, 1.165) is 32.7 Å². The van der Waals surface area contributed by atoms with E-state index in [2.05, 4.69) is 48.0 Å². The average molecular weight is 245 g/mol. The van der Waals surface area contributed by atoms with E-state index >= 15 is 0 Å². The minimum absolute atomic E-state index is 0.633. The normalized spacial score (nSPS) is 22.7. The zero-order valence-corrected chi connectivity index (χ0v) is 11.7. The molecule has 0 radical (unpaired) electrons. The van der Waals surface area contributed by atoms with Crippen molar-refractivity contribution in [2.24, 2.45) is 0 Å². The quantitative estimate of drug-likeness (QED) is 0.815. The Labute approximate surface area is 110 Å². The summed E-state index contributed by atoms with van der Waals surface area (Å²) >= 11 is 0. The van der Waals surface area contributed by atoms with E-state index in [1.807, 2.05) is 0 Å². The Bertz CT molecular complexity index is 455. The number of fused-ring (bicyclic) bond motifs is 3. The predicted molar refractivity (Wildman–Crippen MR) is 77.8 cm³/mol. The molecule has 0 amide bonds. The highest BCUT2D eigenvalue weighted by Crippen LogP contribution is 2.37. The van der Waals surface area contributed by atoms with Crippen molar-refractivity contribution < 1.29 is 0 Å². The Morgan fingerprint density at radius 3 is 2.67 bits per heavy atom. The van der Waals surface area contributed by atoms with Gasteiger partial charge >= 0.3 is 0 Å². The number of nitrogens with one attached hydrogen (secondary N) is 1. The lowest BCUT2D eigenvalue weighted by molar-refractivity contribution is 0.460. The molecule has 0 aromatic heterocycles. The number of rotatable bonds is 1. The van der Waals surface area contributed by atoms with Gasteiger partial charge in [0, 0.05) is 32.7 Å². The summed E-state index contributed by atoms with van der Waals surface area (Å²) in [4.78, 5) is 5.13. The molecule has 18 heavy (non-hydrogen) atoms. The van der Waals surface area contributed by atoms with Crippen molar-refractivity contribution >= 4 is 11.4 Å². The standard InChI is InChI=1S/C15H23N3/c1-4-17-10-13-9-16-5-6-18(13)15-8-12(3)11(2)7-14(15)17/h7-8,13,16H,4-6,9-10H2,1-3H3. The van der Waals surface area contributed by atoms with Gasteiger partial charge in [0.25, 0.3) is 0 Å². The van der Waals surface area contributed by atoms with E-state index in [-0.39, 0.29) is 0 Å². The fourth-order valence-corrected chi connectivity index (χ4v) is 3.16. The number of benzene rings is 1. The first-order chi connectivity index (χ1) is 8.70. The van der Waals surface area contributed by atoms with Crippen molar-refractivity contribution in [1.29, 1.82) is 0 Å². The van der Waals surface area contributed by atoms with Crippen LogP contribution in [-0.4, -0.2) is 38.8 Å². The van der Waals surface area contributed by atoms with Gasteiger partial charge in [-0.3, -0.25) is 0 Å². The van der Waals surface area contributed by atoms with Crippen LogP contribution in [0.1, 0.15) is 18.1 Å². The number of hydrogen-bond acceptors (Lipinski definition) is 3. The van der Waals surface area contributed by atoms with Gasteiger partial charge in [-0.15, -0.1) is 0 Å². The lowest BCUT2D eigenvalue weighted by atomic mass is 10.00. The first-order valence-electron chi connectivity index (χ1n) is 7.04. The molecule has 3 heteroatoms. The summed E-state index contributed by atoms with van der Waals surface area (Å²) in [6, 6.07) is 5.38. The van der Waals surface area contributed by atoms with Gasteiger partial charge < -0.3 is 15.1 Å². The Kier molecular flexibility index (Phi) is 2.94. The number of anilines is 2. The van der Waals surface area contributed by atoms with Gasteiger partial charge in [0.1, 0.15) is 0 Å². The van der Waals surface area contributed by atoms with Crippen molar-refractivity contribution in [1.82, 2.24) is 5.32 Å². The second kappa shape index (κ2) is 4.47. The fraction of sp³-hybridized carbons (Fsp3) is 0.600. The summed E-state index contributed by atoms with van der Waals surface area (Å²) in [5.74, 6) is 0. The summed E-state index contributed by atoms with van der Waals surface area (Å²) in [6.07, 6.45) is 0. The molecule has 98 valence electrons. The van der Waals surface area contributed by atoms with Gasteiger partial charge in [-0.05, 0) is 44.0 Å². The van der Waals surface area contributed by atoms with Crippen LogP contribution in [0.2, 0.25) is 0 Å². The number of likely N-dealkylation sites (N-methyl/N-ethyl adjacent to an activating group) is 1. The van der Waals surface area contributed by atoms with Crippen LogP contribution in [0, 0.1) is 13.8 Å². The second-order valence-corrected chi connectivity index (χ2v) is 5.52. The topological polar surface area (TPSA) is 18.5 Å². The van der Waals surface area contributed by atoms with E-state index in [4.69, 9.17) is 0 Å². The number of aryl methyl sites for hydroxylation is 2. The van der Waals surface area contributed by atoms with Crippen LogP contribution in [-0.2, 0) is 0 Å². The first kappa shape index (κ1) is 11.8. The SMILES string of the molecule is CCN1CC2CNCCN2c2cc(C)c(C)cc21. The molecule has 2 heterocycles. The van der Waals surface area contributed by atoms with Gasteiger partial charge in [0.2, 0.25) is 0 Å². The number of piperazine rings is 1. The number of hydrogen-bond donors (Lipinski definition) is 1. The molecule has 1 aromatic carbocycles. The highest BCUT2D eigenvalue weighted by molar-refractivity contribution is 5.76. The fourth-order valence-electron chi connectivity index (χ4n) is 3.16. The summed E-state index contributed by atoms with van der Waals surface area (Å²) < 4.78 is 0. The maximum absolute atomic E-state index is 3.52. The third kappa shape index (κ3) is 1.77. The Balaban J connectivity index is 2.08. The maximum Gasteiger partial charge on any atom is 0.0611 e. The molecule has 0 saturated carbocycles. The molecule has 0 bridgehead atoms. The van der Waals surface area contributed by atoms with Gasteiger partial charge in [-0.1, -0.05) is 0 Å². The molecule has 1 fully saturated rings. The van der Waals surface area contributed by atoms with E-state index in [1.54, 1.807) is 0 Å². The summed E-state index contributed by atoms with van der Waals surface area (Å²) in [5, 5.41) is 3.52. The highest BCUT2D eigenvalue weighted by Gasteiger charge is 2.31.